The van der Waals surface area contributed by atoms with Gasteiger partial charge < -0.3 is 5.11 Å². The van der Waals surface area contributed by atoms with Gasteiger partial charge in [-0.25, -0.2) is 0 Å². The van der Waals surface area contributed by atoms with Crippen LogP contribution in [0.1, 0.15) is 0 Å². The zero-order valence-corrected chi connectivity index (χ0v) is 11.1. The van der Waals surface area contributed by atoms with Gasteiger partial charge in [-0.05, 0) is 29.1 Å². The van der Waals surface area contributed by atoms with Crippen molar-refractivity contribution in [3.8, 4) is 12.3 Å². The van der Waals surface area contributed by atoms with E-state index in [-0.39, 0.29) is 5.75 Å². The van der Waals surface area contributed by atoms with E-state index in [1.54, 1.807) is 30.3 Å². The topological polar surface area (TPSA) is 49.3 Å². The van der Waals surface area contributed by atoms with Crippen LogP contribution >= 0.6 is 0 Å². The maximum atomic E-state index is 9.42. The Morgan fingerprint density at radius 2 is 1.67 bits per heavy atom. The third-order valence-corrected chi connectivity index (χ3v) is 3.12. The van der Waals surface area contributed by atoms with Gasteiger partial charge in [-0.15, -0.1) is 5.11 Å². The molecule has 0 aliphatic heterocycles. The molecule has 0 atom stereocenters. The Morgan fingerprint density at radius 3 is 2.43 bits per heavy atom. The van der Waals surface area contributed by atoms with Crippen molar-refractivity contribution in [2.24, 2.45) is 10.2 Å². The van der Waals surface area contributed by atoms with Gasteiger partial charge in [0.25, 0.3) is 6.57 Å². The molecule has 1 N–H and O–H groups in total. The summed E-state index contributed by atoms with van der Waals surface area (Å²) in [5.41, 5.74) is 2.02. The Morgan fingerprint density at radius 1 is 0.857 bits per heavy atom. The second kappa shape index (κ2) is 5.43. The highest BCUT2D eigenvalue weighted by molar-refractivity contribution is 6.01. The van der Waals surface area contributed by atoms with E-state index in [1.807, 2.05) is 30.3 Å². The van der Waals surface area contributed by atoms with Gasteiger partial charge in [0.05, 0.1) is 16.8 Å². The molecule has 0 aromatic heterocycles. The summed E-state index contributed by atoms with van der Waals surface area (Å²) in [6, 6.07) is 18.0. The molecule has 0 amide bonds. The number of benzene rings is 3. The SMILES string of the molecule is C#[N+]c1ccc(N=Nc2cccc(O)c2)c2ccccc12. The van der Waals surface area contributed by atoms with Gasteiger partial charge in [-0.3, -0.25) is 0 Å². The summed E-state index contributed by atoms with van der Waals surface area (Å²) in [7, 11) is 0. The van der Waals surface area contributed by atoms with Gasteiger partial charge in [-0.1, -0.05) is 24.3 Å². The normalized spacial score (nSPS) is 10.8. The molecule has 100 valence electrons. The van der Waals surface area contributed by atoms with Gasteiger partial charge in [0.1, 0.15) is 5.75 Å². The fraction of sp³-hybridized carbons (Fsp3) is 0. The molecular weight excluding hydrogens is 262 g/mol. The molecule has 0 saturated heterocycles. The van der Waals surface area contributed by atoms with Crippen LogP contribution < -0.4 is 0 Å². The van der Waals surface area contributed by atoms with Crippen molar-refractivity contribution >= 4 is 27.8 Å². The minimum Gasteiger partial charge on any atom is -0.508 e. The van der Waals surface area contributed by atoms with Gasteiger partial charge in [0.15, 0.2) is 0 Å². The van der Waals surface area contributed by atoms with Crippen molar-refractivity contribution in [3.05, 3.63) is 65.5 Å². The number of rotatable bonds is 2. The highest BCUT2D eigenvalue weighted by Crippen LogP contribution is 2.34. The number of hydrogen-bond acceptors (Lipinski definition) is 3. The first-order valence-corrected chi connectivity index (χ1v) is 6.41. The molecule has 0 radical (unpaired) electrons. The highest BCUT2D eigenvalue weighted by Gasteiger charge is 2.10. The van der Waals surface area contributed by atoms with Crippen LogP contribution in [0.5, 0.6) is 5.75 Å². The van der Waals surface area contributed by atoms with Crippen LogP contribution in [0.2, 0.25) is 0 Å². The molecule has 4 nitrogen and oxygen atoms in total. The van der Waals surface area contributed by atoms with Crippen LogP contribution in [0, 0.1) is 6.57 Å². The maximum absolute atomic E-state index is 9.42. The Balaban J connectivity index is 2.08. The lowest BCUT2D eigenvalue weighted by atomic mass is 10.1. The van der Waals surface area contributed by atoms with Gasteiger partial charge in [0, 0.05) is 17.5 Å². The van der Waals surface area contributed by atoms with E-state index in [4.69, 9.17) is 6.57 Å². The lowest BCUT2D eigenvalue weighted by Gasteiger charge is -1.99. The van der Waals surface area contributed by atoms with Crippen molar-refractivity contribution < 1.29 is 5.11 Å². The summed E-state index contributed by atoms with van der Waals surface area (Å²) < 4.78 is 0. The molecule has 0 aliphatic carbocycles. The van der Waals surface area contributed by atoms with Crippen molar-refractivity contribution in [2.75, 3.05) is 0 Å². The fourth-order valence-electron chi connectivity index (χ4n) is 2.13. The molecule has 0 unspecified atom stereocenters. The number of phenolic OH excluding ortho intramolecular Hbond substituents is 1. The predicted octanol–water partition coefficient (Wildman–Crippen LogP) is 5.56. The number of aromatic hydroxyl groups is 1. The molecular formula is C17H12N3O+. The van der Waals surface area contributed by atoms with Gasteiger partial charge in [0.2, 0.25) is 0 Å². The number of nitrogens with zero attached hydrogens (tertiary/aromatic N) is 3. The van der Waals surface area contributed by atoms with Crippen LogP contribution in [0.25, 0.3) is 15.6 Å². The molecule has 21 heavy (non-hydrogen) atoms. The largest absolute Gasteiger partial charge is 0.508 e. The van der Waals surface area contributed by atoms with Crippen LogP contribution in [-0.2, 0) is 0 Å². The Labute approximate surface area is 121 Å². The van der Waals surface area contributed by atoms with E-state index < -0.39 is 0 Å². The van der Waals surface area contributed by atoms with Crippen molar-refractivity contribution in [3.63, 3.8) is 0 Å². The van der Waals surface area contributed by atoms with Gasteiger partial charge >= 0.3 is 5.69 Å². The quantitative estimate of drug-likeness (QED) is 0.611. The zero-order valence-electron chi connectivity index (χ0n) is 11.1. The fourth-order valence-corrected chi connectivity index (χ4v) is 2.13. The third kappa shape index (κ3) is 2.58. The smallest absolute Gasteiger partial charge is 0.347 e. The number of azo groups is 1. The van der Waals surface area contributed by atoms with Gasteiger partial charge in [-0.2, -0.15) is 5.11 Å². The molecule has 0 heterocycles. The molecule has 3 rings (SSSR count). The van der Waals surface area contributed by atoms with Crippen LogP contribution in [0.15, 0.2) is 70.9 Å². The lowest BCUT2D eigenvalue weighted by molar-refractivity contribution is 0.475. The molecule has 0 bridgehead atoms. The highest BCUT2D eigenvalue weighted by atomic mass is 16.3. The van der Waals surface area contributed by atoms with Crippen LogP contribution in [0.3, 0.4) is 0 Å². The van der Waals surface area contributed by atoms with E-state index in [0.717, 1.165) is 16.5 Å². The van der Waals surface area contributed by atoms with Crippen LogP contribution in [0.4, 0.5) is 17.1 Å². The van der Waals surface area contributed by atoms with E-state index >= 15 is 0 Å². The summed E-state index contributed by atoms with van der Waals surface area (Å²) in [5, 5.41) is 19.7. The molecule has 3 aromatic rings. The first kappa shape index (κ1) is 12.8. The Kier molecular flexibility index (Phi) is 3.32. The Hall–Kier alpha value is -3.19. The first-order valence-electron chi connectivity index (χ1n) is 6.41. The monoisotopic (exact) mass is 274 g/mol. The molecule has 4 heteroatoms. The van der Waals surface area contributed by atoms with Crippen molar-refractivity contribution in [1.82, 2.24) is 0 Å². The number of phenols is 1. The molecule has 0 aliphatic rings. The minimum absolute atomic E-state index is 0.161. The summed E-state index contributed by atoms with van der Waals surface area (Å²) in [4.78, 5) is 3.76. The standard InChI is InChI=1S/C17H11N3O/c1-18-16-9-10-17(15-8-3-2-7-14(15)16)20-19-12-5-4-6-13(21)11-12/h1-11H/p+1. The van der Waals surface area contributed by atoms with E-state index in [0.29, 0.717) is 11.4 Å². The minimum atomic E-state index is 0.161. The second-order valence-electron chi connectivity index (χ2n) is 4.50. The summed E-state index contributed by atoms with van der Waals surface area (Å²) >= 11 is 0. The lowest BCUT2D eigenvalue weighted by Crippen LogP contribution is -1.74. The summed E-state index contributed by atoms with van der Waals surface area (Å²) in [6.45, 7) is 5.39. The molecule has 0 saturated carbocycles. The number of fused-ring (bicyclic) bond motifs is 1. The van der Waals surface area contributed by atoms with E-state index in [9.17, 15) is 5.11 Å². The van der Waals surface area contributed by atoms with Crippen molar-refractivity contribution in [1.29, 1.82) is 0 Å². The Bertz CT molecular complexity index is 879. The summed E-state index contributed by atoms with van der Waals surface area (Å²) in [5.74, 6) is 0.161. The molecule has 0 fully saturated rings. The number of hydrogen-bond donors (Lipinski definition) is 1. The average molecular weight is 274 g/mol. The first-order chi connectivity index (χ1) is 10.3. The average Bonchev–Trinajstić information content (AvgIpc) is 2.52. The molecule has 0 spiro atoms. The molecule has 3 aromatic carbocycles. The predicted molar refractivity (Wildman–Crippen MR) is 84.2 cm³/mol. The van der Waals surface area contributed by atoms with E-state index in [2.05, 4.69) is 15.1 Å². The summed E-state index contributed by atoms with van der Waals surface area (Å²) in [6.07, 6.45) is 0. The second-order valence-corrected chi connectivity index (χ2v) is 4.50. The van der Waals surface area contributed by atoms with Crippen molar-refractivity contribution in [2.45, 2.75) is 0 Å². The third-order valence-electron chi connectivity index (χ3n) is 3.12. The maximum Gasteiger partial charge on any atom is 0.347 e. The van der Waals surface area contributed by atoms with E-state index in [1.165, 1.54) is 0 Å². The zero-order chi connectivity index (χ0) is 14.7. The van der Waals surface area contributed by atoms with Crippen LogP contribution in [-0.4, -0.2) is 5.11 Å².